The number of carbonyl (C=O) groups is 5. The minimum absolute atomic E-state index is 0.0164. The molecule has 16 nitrogen and oxygen atoms in total. The van der Waals surface area contributed by atoms with Crippen LogP contribution in [-0.4, -0.2) is 154 Å². The highest BCUT2D eigenvalue weighted by molar-refractivity contribution is 7.85. The van der Waals surface area contributed by atoms with E-state index in [2.05, 4.69) is 16.0 Å². The molecular weight excluding hydrogens is 781 g/mol. The molecule has 0 spiro atoms. The van der Waals surface area contributed by atoms with E-state index in [0.29, 0.717) is 25.8 Å². The Morgan fingerprint density at radius 2 is 1.53 bits per heavy atom. The van der Waals surface area contributed by atoms with Gasteiger partial charge >= 0.3 is 0 Å². The third-order valence-electron chi connectivity index (χ3n) is 11.5. The van der Waals surface area contributed by atoms with Gasteiger partial charge in [-0.1, -0.05) is 85.2 Å². The molecule has 0 aliphatic carbocycles. The first kappa shape index (κ1) is 51.5. The van der Waals surface area contributed by atoms with Crippen molar-refractivity contribution in [1.29, 1.82) is 0 Å². The van der Waals surface area contributed by atoms with Crippen molar-refractivity contribution in [2.24, 2.45) is 23.7 Å². The molecule has 1 saturated heterocycles. The average molecular weight is 853 g/mol. The Morgan fingerprint density at radius 3 is 2.03 bits per heavy atom. The number of hydrogen-bond acceptors (Lipinski definition) is 10. The zero-order chi connectivity index (χ0) is 44.8. The molecule has 0 bridgehead atoms. The number of methoxy groups -OCH3 is 2. The molecule has 9 atom stereocenters. The van der Waals surface area contributed by atoms with Crippen LogP contribution in [0.5, 0.6) is 0 Å². The van der Waals surface area contributed by atoms with Gasteiger partial charge in [0.25, 0.3) is 10.1 Å². The summed E-state index contributed by atoms with van der Waals surface area (Å²) in [6.07, 6.45) is 0.561. The van der Waals surface area contributed by atoms with Crippen molar-refractivity contribution < 1.29 is 46.4 Å². The first-order chi connectivity index (χ1) is 27.6. The molecule has 0 aromatic heterocycles. The van der Waals surface area contributed by atoms with Crippen LogP contribution in [0.3, 0.4) is 0 Å². The molecule has 17 heteroatoms. The van der Waals surface area contributed by atoms with Crippen LogP contribution in [0.25, 0.3) is 0 Å². The molecule has 5 amide bonds. The van der Waals surface area contributed by atoms with Gasteiger partial charge in [0.15, 0.2) is 0 Å². The minimum Gasteiger partial charge on any atom is -0.379 e. The molecule has 1 aliphatic heterocycles. The Hall–Kier alpha value is -3.64. The van der Waals surface area contributed by atoms with Crippen molar-refractivity contribution in [3.8, 4) is 0 Å². The van der Waals surface area contributed by atoms with Gasteiger partial charge in [-0.3, -0.25) is 33.4 Å². The third kappa shape index (κ3) is 15.1. The number of benzene rings is 1. The largest absolute Gasteiger partial charge is 0.379 e. The monoisotopic (exact) mass is 853 g/mol. The predicted molar refractivity (Wildman–Crippen MR) is 227 cm³/mol. The van der Waals surface area contributed by atoms with E-state index in [-0.39, 0.29) is 54.9 Å². The predicted octanol–water partition coefficient (Wildman–Crippen LogP) is 2.37. The van der Waals surface area contributed by atoms with Gasteiger partial charge in [-0.2, -0.15) is 8.42 Å². The Kier molecular flexibility index (Phi) is 20.9. The number of hydrogen-bond donors (Lipinski definition) is 4. The second-order valence-corrected chi connectivity index (χ2v) is 18.4. The van der Waals surface area contributed by atoms with E-state index in [4.69, 9.17) is 14.0 Å². The second-order valence-electron chi connectivity index (χ2n) is 16.8. The number of rotatable bonds is 24. The molecule has 59 heavy (non-hydrogen) atoms. The van der Waals surface area contributed by atoms with Gasteiger partial charge in [0.05, 0.1) is 48.4 Å². The molecule has 1 heterocycles. The van der Waals surface area contributed by atoms with Gasteiger partial charge < -0.3 is 35.2 Å². The number of likely N-dealkylation sites (tertiary alicyclic amines) is 1. The van der Waals surface area contributed by atoms with Crippen LogP contribution in [-0.2, 0) is 50.0 Å². The van der Waals surface area contributed by atoms with Gasteiger partial charge in [-0.05, 0) is 50.3 Å². The topological polar surface area (TPSA) is 204 Å². The summed E-state index contributed by atoms with van der Waals surface area (Å²) >= 11 is 0. The molecule has 1 aromatic carbocycles. The summed E-state index contributed by atoms with van der Waals surface area (Å²) in [7, 11) is 4.05. The van der Waals surface area contributed by atoms with E-state index in [1.165, 1.54) is 14.2 Å². The Bertz CT molecular complexity index is 1620. The summed E-state index contributed by atoms with van der Waals surface area (Å²) in [5.74, 6) is -3.61. The average Bonchev–Trinajstić information content (AvgIpc) is 3.65. The zero-order valence-electron chi connectivity index (χ0n) is 37.3. The number of carbonyl (C=O) groups excluding carboxylic acids is 5. The van der Waals surface area contributed by atoms with Crippen molar-refractivity contribution in [3.05, 3.63) is 35.9 Å². The molecule has 0 radical (unpaired) electrons. The van der Waals surface area contributed by atoms with E-state index in [0.717, 1.165) is 5.56 Å². The van der Waals surface area contributed by atoms with Gasteiger partial charge in [-0.15, -0.1) is 0 Å². The maximum atomic E-state index is 14.3. The third-order valence-corrected chi connectivity index (χ3v) is 12.2. The highest BCUT2D eigenvalue weighted by atomic mass is 32.2. The summed E-state index contributed by atoms with van der Waals surface area (Å²) < 4.78 is 43.6. The van der Waals surface area contributed by atoms with E-state index in [1.807, 2.05) is 66.6 Å². The standard InChI is InChI=1S/C42H72N6O10S/c1-13-28(6)37(47(10)42(53)35(26(2)3)45-41(52)36(27(4)5)46(8)9)33(57-11)25-34(49)48-22-17-20-32(48)38(58-12)29(7)39(50)44-31(24-30-18-15-14-16-19-30)40(51)43-21-23-59(54,55)56/h14-16,18-19,26-29,31-33,35-38H,13,17,20-25H2,1-12H3,(H,43,51)(H,44,50)(H,45,52)(H,54,55,56)/t28-,29+,31-,32-,33?,35-,36?,37-,38+/m0/s1. The Balaban J connectivity index is 2.31. The van der Waals surface area contributed by atoms with Gasteiger partial charge in [-0.25, -0.2) is 0 Å². The summed E-state index contributed by atoms with van der Waals surface area (Å²) in [5, 5.41) is 8.30. The fourth-order valence-electron chi connectivity index (χ4n) is 8.20. The van der Waals surface area contributed by atoms with Crippen LogP contribution in [0.4, 0.5) is 0 Å². The van der Waals surface area contributed by atoms with Crippen LogP contribution in [0, 0.1) is 23.7 Å². The van der Waals surface area contributed by atoms with Gasteiger partial charge in [0, 0.05) is 40.8 Å². The van der Waals surface area contributed by atoms with Crippen molar-refractivity contribution >= 4 is 39.7 Å². The second kappa shape index (κ2) is 24.0. The number of nitrogens with one attached hydrogen (secondary N) is 3. The summed E-state index contributed by atoms with van der Waals surface area (Å²) in [4.78, 5) is 74.3. The van der Waals surface area contributed by atoms with Crippen LogP contribution < -0.4 is 16.0 Å². The highest BCUT2D eigenvalue weighted by Gasteiger charge is 2.43. The lowest BCUT2D eigenvalue weighted by molar-refractivity contribution is -0.148. The molecule has 2 rings (SSSR count). The first-order valence-electron chi connectivity index (χ1n) is 20.8. The van der Waals surface area contributed by atoms with Crippen molar-refractivity contribution in [3.63, 3.8) is 0 Å². The lowest BCUT2D eigenvalue weighted by Crippen LogP contribution is -2.59. The SMILES string of the molecule is CC[C@H](C)[C@@H](C(CC(=O)N1CCC[C@H]1[C@H](OC)[C@@H](C)C(=O)N[C@@H](Cc1ccccc1)C(=O)NCCS(=O)(=O)O)OC)N(C)C(=O)[C@@H](NC(=O)C(C(C)C)N(C)C)C(C)C. The fourth-order valence-corrected chi connectivity index (χ4v) is 8.56. The van der Waals surface area contributed by atoms with Crippen LogP contribution in [0.2, 0.25) is 0 Å². The lowest BCUT2D eigenvalue weighted by atomic mass is 9.89. The van der Waals surface area contributed by atoms with Crippen LogP contribution in [0.15, 0.2) is 30.3 Å². The Morgan fingerprint density at radius 1 is 0.898 bits per heavy atom. The normalized spacial score (nSPS) is 18.7. The lowest BCUT2D eigenvalue weighted by Gasteiger charge is -2.41. The Labute approximate surface area is 352 Å². The summed E-state index contributed by atoms with van der Waals surface area (Å²) in [6, 6.07) is 5.73. The maximum Gasteiger partial charge on any atom is 0.266 e. The quantitative estimate of drug-likeness (QED) is 0.111. The zero-order valence-corrected chi connectivity index (χ0v) is 38.1. The van der Waals surface area contributed by atoms with Gasteiger partial charge in [0.1, 0.15) is 12.1 Å². The first-order valence-corrected chi connectivity index (χ1v) is 22.4. The van der Waals surface area contributed by atoms with Crippen molar-refractivity contribution in [2.45, 2.75) is 123 Å². The fraction of sp³-hybridized carbons (Fsp3) is 0.738. The summed E-state index contributed by atoms with van der Waals surface area (Å²) in [5.41, 5.74) is 0.760. The van der Waals surface area contributed by atoms with E-state index in [1.54, 1.807) is 48.0 Å². The molecular formula is C42H72N6O10S. The minimum atomic E-state index is -4.32. The van der Waals surface area contributed by atoms with Crippen molar-refractivity contribution in [1.82, 2.24) is 30.7 Å². The van der Waals surface area contributed by atoms with Gasteiger partial charge in [0.2, 0.25) is 29.5 Å². The van der Waals surface area contributed by atoms with Crippen LogP contribution >= 0.6 is 0 Å². The molecule has 0 saturated carbocycles. The number of likely N-dealkylation sites (N-methyl/N-ethyl adjacent to an activating group) is 2. The molecule has 1 aliphatic rings. The molecule has 336 valence electrons. The molecule has 4 N–H and O–H groups in total. The maximum absolute atomic E-state index is 14.3. The summed E-state index contributed by atoms with van der Waals surface area (Å²) in [6.45, 7) is 13.5. The molecule has 1 aromatic rings. The number of nitrogens with zero attached hydrogens (tertiary/aromatic N) is 3. The van der Waals surface area contributed by atoms with Crippen molar-refractivity contribution in [2.75, 3.05) is 54.2 Å². The molecule has 2 unspecified atom stereocenters. The van der Waals surface area contributed by atoms with E-state index in [9.17, 15) is 32.4 Å². The van der Waals surface area contributed by atoms with E-state index >= 15 is 0 Å². The number of amides is 5. The van der Waals surface area contributed by atoms with Crippen LogP contribution in [0.1, 0.15) is 79.7 Å². The smallest absolute Gasteiger partial charge is 0.266 e. The van der Waals surface area contributed by atoms with E-state index < -0.39 is 76.0 Å². The number of ether oxygens (including phenoxy) is 2. The highest BCUT2D eigenvalue weighted by Crippen LogP contribution is 2.30. The molecule has 1 fully saturated rings.